The van der Waals surface area contributed by atoms with E-state index < -0.39 is 0 Å². The number of thiophene rings is 1. The predicted molar refractivity (Wildman–Crippen MR) is 68.2 cm³/mol. The smallest absolute Gasteiger partial charge is 0.136 e. The highest BCUT2D eigenvalue weighted by Crippen LogP contribution is 2.40. The first-order valence-corrected chi connectivity index (χ1v) is 6.42. The first kappa shape index (κ1) is 10.1. The third kappa shape index (κ3) is 1.60. The number of nitrogens with two attached hydrogens (primary N) is 1. The Bertz CT molecular complexity index is 528. The molecule has 3 heteroatoms. The molecule has 1 saturated carbocycles. The van der Waals surface area contributed by atoms with Gasteiger partial charge in [-0.05, 0) is 47.7 Å². The van der Waals surface area contributed by atoms with Crippen LogP contribution < -0.4 is 10.5 Å². The van der Waals surface area contributed by atoms with Crippen molar-refractivity contribution in [3.05, 3.63) is 29.1 Å². The van der Waals surface area contributed by atoms with Crippen molar-refractivity contribution < 1.29 is 4.74 Å². The third-order valence-electron chi connectivity index (χ3n) is 3.33. The fourth-order valence-electron chi connectivity index (χ4n) is 2.13. The molecule has 0 spiro atoms. The quantitative estimate of drug-likeness (QED) is 0.884. The maximum absolute atomic E-state index is 6.18. The highest BCUT2D eigenvalue weighted by molar-refractivity contribution is 7.17. The van der Waals surface area contributed by atoms with Gasteiger partial charge in [-0.15, -0.1) is 11.3 Å². The number of hydrogen-bond donors (Lipinski definition) is 1. The van der Waals surface area contributed by atoms with Gasteiger partial charge < -0.3 is 10.5 Å². The van der Waals surface area contributed by atoms with Gasteiger partial charge in [0.1, 0.15) is 5.75 Å². The van der Waals surface area contributed by atoms with Gasteiger partial charge in [0, 0.05) is 5.54 Å². The first-order chi connectivity index (χ1) is 7.72. The van der Waals surface area contributed by atoms with Gasteiger partial charge in [-0.2, -0.15) is 0 Å². The number of hydrogen-bond acceptors (Lipinski definition) is 3. The molecule has 16 heavy (non-hydrogen) atoms. The molecule has 0 radical (unpaired) electrons. The highest BCUT2D eigenvalue weighted by Gasteiger charge is 2.38. The van der Waals surface area contributed by atoms with Crippen LogP contribution in [0.3, 0.4) is 0 Å². The van der Waals surface area contributed by atoms with Crippen LogP contribution in [0.2, 0.25) is 0 Å². The fourth-order valence-corrected chi connectivity index (χ4v) is 3.06. The SMILES string of the molecule is COc1ccc(CC2(N)CC2)c2ccsc12. The van der Waals surface area contributed by atoms with Crippen LogP contribution in [0.5, 0.6) is 5.75 Å². The van der Waals surface area contributed by atoms with Gasteiger partial charge in [0.25, 0.3) is 0 Å². The van der Waals surface area contributed by atoms with Crippen molar-refractivity contribution in [3.8, 4) is 5.75 Å². The average Bonchev–Trinajstić information content (AvgIpc) is 2.82. The van der Waals surface area contributed by atoms with E-state index in [1.807, 2.05) is 0 Å². The van der Waals surface area contributed by atoms with E-state index in [4.69, 9.17) is 10.5 Å². The summed E-state index contributed by atoms with van der Waals surface area (Å²) in [7, 11) is 1.72. The average molecular weight is 233 g/mol. The van der Waals surface area contributed by atoms with Gasteiger partial charge in [-0.25, -0.2) is 0 Å². The Morgan fingerprint density at radius 2 is 2.19 bits per heavy atom. The van der Waals surface area contributed by atoms with Crippen LogP contribution in [0.1, 0.15) is 18.4 Å². The summed E-state index contributed by atoms with van der Waals surface area (Å²) in [5.74, 6) is 0.968. The van der Waals surface area contributed by atoms with Crippen molar-refractivity contribution in [2.45, 2.75) is 24.8 Å². The number of benzene rings is 1. The summed E-state index contributed by atoms with van der Waals surface area (Å²) >= 11 is 1.73. The monoisotopic (exact) mass is 233 g/mol. The van der Waals surface area contributed by atoms with Crippen molar-refractivity contribution in [2.75, 3.05) is 7.11 Å². The van der Waals surface area contributed by atoms with E-state index in [1.165, 1.54) is 15.6 Å². The topological polar surface area (TPSA) is 35.2 Å². The van der Waals surface area contributed by atoms with E-state index in [1.54, 1.807) is 18.4 Å². The van der Waals surface area contributed by atoms with Crippen molar-refractivity contribution in [3.63, 3.8) is 0 Å². The Kier molecular flexibility index (Phi) is 2.19. The lowest BCUT2D eigenvalue weighted by atomic mass is 10.0. The van der Waals surface area contributed by atoms with E-state index in [9.17, 15) is 0 Å². The lowest BCUT2D eigenvalue weighted by Gasteiger charge is -2.11. The van der Waals surface area contributed by atoms with Gasteiger partial charge >= 0.3 is 0 Å². The van der Waals surface area contributed by atoms with Crippen LogP contribution in [0.4, 0.5) is 0 Å². The molecule has 0 atom stereocenters. The molecule has 0 saturated heterocycles. The van der Waals surface area contributed by atoms with Crippen LogP contribution in [-0.4, -0.2) is 12.6 Å². The molecule has 1 aromatic carbocycles. The first-order valence-electron chi connectivity index (χ1n) is 5.54. The van der Waals surface area contributed by atoms with Crippen LogP contribution >= 0.6 is 11.3 Å². The van der Waals surface area contributed by atoms with E-state index >= 15 is 0 Å². The van der Waals surface area contributed by atoms with Crippen LogP contribution in [0.25, 0.3) is 10.1 Å². The summed E-state index contributed by atoms with van der Waals surface area (Å²) in [6, 6.07) is 6.38. The highest BCUT2D eigenvalue weighted by atomic mass is 32.1. The molecule has 1 aromatic heterocycles. The molecule has 1 aliphatic carbocycles. The number of rotatable bonds is 3. The summed E-state index contributed by atoms with van der Waals surface area (Å²) in [4.78, 5) is 0. The molecule has 0 unspecified atom stereocenters. The van der Waals surface area contributed by atoms with Gasteiger partial charge in [-0.3, -0.25) is 0 Å². The summed E-state index contributed by atoms with van der Waals surface area (Å²) in [6.07, 6.45) is 3.31. The Balaban J connectivity index is 2.08. The zero-order valence-corrected chi connectivity index (χ0v) is 10.1. The lowest BCUT2D eigenvalue weighted by molar-refractivity contribution is 0.420. The number of ether oxygens (including phenoxy) is 1. The number of methoxy groups -OCH3 is 1. The Labute approximate surface area is 99.0 Å². The van der Waals surface area contributed by atoms with Crippen molar-refractivity contribution in [1.29, 1.82) is 0 Å². The standard InChI is InChI=1S/C13H15NOS/c1-15-11-3-2-9(8-13(14)5-6-13)10-4-7-16-12(10)11/h2-4,7H,5-6,8,14H2,1H3. The van der Waals surface area contributed by atoms with E-state index in [-0.39, 0.29) is 5.54 Å². The zero-order chi connectivity index (χ0) is 11.2. The molecule has 0 bridgehead atoms. The molecule has 1 fully saturated rings. The third-order valence-corrected chi connectivity index (χ3v) is 4.25. The summed E-state index contributed by atoms with van der Waals surface area (Å²) < 4.78 is 6.61. The largest absolute Gasteiger partial charge is 0.495 e. The lowest BCUT2D eigenvalue weighted by Crippen LogP contribution is -2.24. The molecule has 1 heterocycles. The molecule has 2 N–H and O–H groups in total. The van der Waals surface area contributed by atoms with Gasteiger partial charge in [-0.1, -0.05) is 6.07 Å². The molecular weight excluding hydrogens is 218 g/mol. The normalized spacial score (nSPS) is 17.6. The molecule has 1 aliphatic rings. The van der Waals surface area contributed by atoms with E-state index in [0.29, 0.717) is 0 Å². The second kappa shape index (κ2) is 3.47. The Morgan fingerprint density at radius 3 is 2.88 bits per heavy atom. The minimum Gasteiger partial charge on any atom is -0.495 e. The van der Waals surface area contributed by atoms with E-state index in [0.717, 1.165) is 25.0 Å². The Morgan fingerprint density at radius 1 is 1.38 bits per heavy atom. The molecule has 0 amide bonds. The van der Waals surface area contributed by atoms with Crippen molar-refractivity contribution >= 4 is 21.4 Å². The molecule has 2 nitrogen and oxygen atoms in total. The van der Waals surface area contributed by atoms with Crippen LogP contribution in [0.15, 0.2) is 23.6 Å². The molecule has 84 valence electrons. The van der Waals surface area contributed by atoms with Gasteiger partial charge in [0.15, 0.2) is 0 Å². The summed E-state index contributed by atoms with van der Waals surface area (Å²) in [6.45, 7) is 0. The zero-order valence-electron chi connectivity index (χ0n) is 9.32. The molecule has 2 aromatic rings. The minimum atomic E-state index is 0.0729. The molecular formula is C13H15NOS. The second-order valence-electron chi connectivity index (χ2n) is 4.63. The minimum absolute atomic E-state index is 0.0729. The predicted octanol–water partition coefficient (Wildman–Crippen LogP) is 2.94. The van der Waals surface area contributed by atoms with E-state index in [2.05, 4.69) is 23.6 Å². The fraction of sp³-hybridized carbons (Fsp3) is 0.385. The molecule has 0 aliphatic heterocycles. The summed E-state index contributed by atoms with van der Waals surface area (Å²) in [5.41, 5.74) is 7.61. The summed E-state index contributed by atoms with van der Waals surface area (Å²) in [5, 5.41) is 3.42. The van der Waals surface area contributed by atoms with Crippen LogP contribution in [-0.2, 0) is 6.42 Å². The van der Waals surface area contributed by atoms with Crippen LogP contribution in [0, 0.1) is 0 Å². The van der Waals surface area contributed by atoms with Crippen molar-refractivity contribution in [1.82, 2.24) is 0 Å². The maximum Gasteiger partial charge on any atom is 0.136 e. The second-order valence-corrected chi connectivity index (χ2v) is 5.55. The van der Waals surface area contributed by atoms with Crippen molar-refractivity contribution in [2.24, 2.45) is 5.73 Å². The number of fused-ring (bicyclic) bond motifs is 1. The Hall–Kier alpha value is -1.06. The maximum atomic E-state index is 6.18. The van der Waals surface area contributed by atoms with Gasteiger partial charge in [0.2, 0.25) is 0 Å². The van der Waals surface area contributed by atoms with Gasteiger partial charge in [0.05, 0.1) is 11.8 Å². The molecule has 3 rings (SSSR count).